The first-order valence-electron chi connectivity index (χ1n) is 14.7. The van der Waals surface area contributed by atoms with E-state index in [9.17, 15) is 18.3 Å². The third-order valence-electron chi connectivity index (χ3n) is 8.20. The lowest BCUT2D eigenvalue weighted by Crippen LogP contribution is -2.42. The van der Waals surface area contributed by atoms with Crippen LogP contribution in [-0.2, 0) is 15.6 Å². The number of carbonyl (C=O) groups excluding carboxylic acids is 1. The van der Waals surface area contributed by atoms with Gasteiger partial charge < -0.3 is 20.1 Å². The largest absolute Gasteiger partial charge is 0.438 e. The van der Waals surface area contributed by atoms with E-state index < -0.39 is 26.9 Å². The van der Waals surface area contributed by atoms with Crippen molar-refractivity contribution in [1.82, 2.24) is 14.6 Å². The number of hydrogen-bond acceptors (Lipinski definition) is 7. The molecule has 9 nitrogen and oxygen atoms in total. The summed E-state index contributed by atoms with van der Waals surface area (Å²) >= 11 is 6.03. The van der Waals surface area contributed by atoms with Crippen molar-refractivity contribution in [3.05, 3.63) is 131 Å². The lowest BCUT2D eigenvalue weighted by molar-refractivity contribution is -0.0254. The maximum absolute atomic E-state index is 13.5. The molecule has 1 aromatic heterocycles. The number of amides is 2. The third kappa shape index (κ3) is 7.04. The maximum atomic E-state index is 13.5. The number of urea groups is 1. The van der Waals surface area contributed by atoms with Gasteiger partial charge in [-0.05, 0) is 78.9 Å². The molecule has 2 amide bonds. The van der Waals surface area contributed by atoms with E-state index in [1.54, 1.807) is 66.9 Å². The molecule has 232 valence electrons. The first-order valence-corrected chi connectivity index (χ1v) is 16.6. The Balaban J connectivity index is 1.19. The zero-order chi connectivity index (χ0) is 31.4. The number of benzene rings is 2. The molecule has 3 N–H and O–H groups in total. The van der Waals surface area contributed by atoms with Gasteiger partial charge >= 0.3 is 6.03 Å². The fourth-order valence-corrected chi connectivity index (χ4v) is 7.16. The monoisotopic (exact) mass is 644 g/mol. The number of ether oxygens (including phenoxy) is 1. The number of sulfonamides is 1. The van der Waals surface area contributed by atoms with Crippen LogP contribution in [0.5, 0.6) is 5.88 Å². The number of para-hydroxylation sites is 1. The average molecular weight is 645 g/mol. The number of aliphatic hydroxyl groups is 1. The molecular weight excluding hydrogens is 612 g/mol. The lowest BCUT2D eigenvalue weighted by Gasteiger charge is -2.38. The highest BCUT2D eigenvalue weighted by atomic mass is 35.5. The van der Waals surface area contributed by atoms with Crippen LogP contribution in [0.4, 0.5) is 10.5 Å². The smallest absolute Gasteiger partial charge is 0.332 e. The molecular formula is C34H33ClN4O5S. The molecule has 3 aliphatic rings. The molecule has 1 saturated heterocycles. The van der Waals surface area contributed by atoms with Crippen LogP contribution in [-0.4, -0.2) is 54.3 Å². The summed E-state index contributed by atoms with van der Waals surface area (Å²) in [6, 6.07) is 18.8. The number of pyridine rings is 1. The maximum Gasteiger partial charge on any atom is 0.332 e. The highest BCUT2D eigenvalue weighted by Gasteiger charge is 2.36. The second-order valence-corrected chi connectivity index (χ2v) is 13.4. The molecule has 2 aliphatic heterocycles. The van der Waals surface area contributed by atoms with Crippen LogP contribution in [0.25, 0.3) is 5.57 Å². The fourth-order valence-electron chi connectivity index (χ4n) is 5.78. The van der Waals surface area contributed by atoms with Crippen molar-refractivity contribution in [2.24, 2.45) is 0 Å². The first kappa shape index (κ1) is 30.8. The Kier molecular flexibility index (Phi) is 8.91. The molecule has 0 saturated carbocycles. The highest BCUT2D eigenvalue weighted by Crippen LogP contribution is 2.38. The Morgan fingerprint density at radius 3 is 2.60 bits per heavy atom. The number of nitrogens with one attached hydrogen (secondary N) is 2. The molecule has 45 heavy (non-hydrogen) atoms. The normalized spacial score (nSPS) is 20.1. The molecule has 0 radical (unpaired) electrons. The van der Waals surface area contributed by atoms with E-state index in [2.05, 4.69) is 26.0 Å². The lowest BCUT2D eigenvalue weighted by atomic mass is 9.84. The van der Waals surface area contributed by atoms with E-state index in [0.717, 1.165) is 36.3 Å². The summed E-state index contributed by atoms with van der Waals surface area (Å²) in [4.78, 5) is 19.4. The van der Waals surface area contributed by atoms with Gasteiger partial charge in [0.25, 0.3) is 0 Å². The van der Waals surface area contributed by atoms with Crippen LogP contribution in [0, 0.1) is 0 Å². The SMILES string of the molecule is O=C(Nc1ccccc1)NS(=O)(=O)C1C=CC=C2Oc3ncccc3C(=CCCN3CCC(O)(c4ccc(Cl)cc4)CC3)C=C21. The van der Waals surface area contributed by atoms with Crippen molar-refractivity contribution in [3.8, 4) is 5.88 Å². The minimum absolute atomic E-state index is 0.345. The second kappa shape index (κ2) is 13.0. The van der Waals surface area contributed by atoms with Gasteiger partial charge in [0.1, 0.15) is 11.0 Å². The minimum atomic E-state index is -4.20. The second-order valence-electron chi connectivity index (χ2n) is 11.2. The number of hydrogen-bond donors (Lipinski definition) is 3. The Labute approximate surface area is 267 Å². The Morgan fingerprint density at radius 2 is 1.84 bits per heavy atom. The molecule has 11 heteroatoms. The number of allylic oxidation sites excluding steroid dienone is 5. The van der Waals surface area contributed by atoms with Crippen molar-refractivity contribution in [3.63, 3.8) is 0 Å². The molecule has 1 fully saturated rings. The van der Waals surface area contributed by atoms with Crippen LogP contribution in [0.1, 0.15) is 30.4 Å². The number of rotatable bonds is 7. The average Bonchev–Trinajstić information content (AvgIpc) is 3.19. The number of nitrogens with zero attached hydrogens (tertiary/aromatic N) is 2. The number of likely N-dealkylation sites (tertiary alicyclic amines) is 1. The van der Waals surface area contributed by atoms with Gasteiger partial charge in [0.15, 0.2) is 0 Å². The summed E-state index contributed by atoms with van der Waals surface area (Å²) in [5, 5.41) is 13.3. The van der Waals surface area contributed by atoms with E-state index >= 15 is 0 Å². The predicted molar refractivity (Wildman–Crippen MR) is 175 cm³/mol. The number of fused-ring (bicyclic) bond motifs is 2. The predicted octanol–water partition coefficient (Wildman–Crippen LogP) is 5.78. The van der Waals surface area contributed by atoms with E-state index in [-0.39, 0.29) is 0 Å². The summed E-state index contributed by atoms with van der Waals surface area (Å²) in [7, 11) is -4.20. The number of halogens is 1. The number of aromatic nitrogens is 1. The number of piperidine rings is 1. The summed E-state index contributed by atoms with van der Waals surface area (Å²) in [5.41, 5.74) is 2.38. The topological polar surface area (TPSA) is 121 Å². The molecule has 6 rings (SSSR count). The third-order valence-corrected chi connectivity index (χ3v) is 10.0. The van der Waals surface area contributed by atoms with Crippen LogP contribution >= 0.6 is 11.6 Å². The van der Waals surface area contributed by atoms with E-state index in [1.807, 2.05) is 24.3 Å². The van der Waals surface area contributed by atoms with Crippen molar-refractivity contribution < 1.29 is 23.1 Å². The zero-order valence-electron chi connectivity index (χ0n) is 24.4. The molecule has 3 heterocycles. The standard InChI is InChI=1S/C34H33ClN4O5S/c35-26-15-13-25(14-16-26)34(41)17-21-39(22-18-34)20-6-7-24-23-29-30(44-32-28(24)10-5-19-36-32)11-4-12-31(29)45(42,43)38-33(40)37-27-8-2-1-3-9-27/h1-5,7-16,19,23,31,41H,6,17-18,20-22H2,(H2,37,38,40). The van der Waals surface area contributed by atoms with Crippen LogP contribution < -0.4 is 14.8 Å². The van der Waals surface area contributed by atoms with Crippen molar-refractivity contribution >= 4 is 38.9 Å². The van der Waals surface area contributed by atoms with Crippen LogP contribution in [0.3, 0.4) is 0 Å². The summed E-state index contributed by atoms with van der Waals surface area (Å²) in [6.07, 6.45) is 12.2. The van der Waals surface area contributed by atoms with Gasteiger partial charge in [-0.25, -0.2) is 22.9 Å². The van der Waals surface area contributed by atoms with Crippen molar-refractivity contribution in [1.29, 1.82) is 0 Å². The molecule has 1 aliphatic carbocycles. The van der Waals surface area contributed by atoms with Crippen molar-refractivity contribution in [2.75, 3.05) is 25.0 Å². The van der Waals surface area contributed by atoms with Gasteiger partial charge in [-0.2, -0.15) is 0 Å². The molecule has 1 atom stereocenters. The summed E-state index contributed by atoms with van der Waals surface area (Å²) in [5.74, 6) is 0.714. The van der Waals surface area contributed by atoms with E-state index in [4.69, 9.17) is 16.3 Å². The van der Waals surface area contributed by atoms with Gasteiger partial charge in [0.2, 0.25) is 15.9 Å². The van der Waals surface area contributed by atoms with Gasteiger partial charge in [-0.1, -0.05) is 60.2 Å². The Bertz CT molecular complexity index is 1800. The first-order chi connectivity index (χ1) is 21.7. The van der Waals surface area contributed by atoms with Gasteiger partial charge in [-0.3, -0.25) is 0 Å². The Hall–Kier alpha value is -4.22. The summed E-state index contributed by atoms with van der Waals surface area (Å²) < 4.78 is 35.3. The van der Waals surface area contributed by atoms with Gasteiger partial charge in [0, 0.05) is 47.7 Å². The minimum Gasteiger partial charge on any atom is -0.438 e. The molecule has 0 bridgehead atoms. The van der Waals surface area contributed by atoms with Crippen LogP contribution in [0.2, 0.25) is 5.02 Å². The molecule has 1 unspecified atom stereocenters. The van der Waals surface area contributed by atoms with Gasteiger partial charge in [-0.15, -0.1) is 0 Å². The van der Waals surface area contributed by atoms with E-state index in [0.29, 0.717) is 47.2 Å². The summed E-state index contributed by atoms with van der Waals surface area (Å²) in [6.45, 7) is 2.23. The zero-order valence-corrected chi connectivity index (χ0v) is 26.0. The quantitative estimate of drug-likeness (QED) is 0.298. The van der Waals surface area contributed by atoms with E-state index in [1.165, 1.54) is 6.08 Å². The number of anilines is 1. The molecule has 2 aromatic carbocycles. The Morgan fingerprint density at radius 1 is 1.09 bits per heavy atom. The van der Waals surface area contributed by atoms with Crippen LogP contribution in [0.15, 0.2) is 115 Å². The van der Waals surface area contributed by atoms with Crippen molar-refractivity contribution in [2.45, 2.75) is 30.1 Å². The van der Waals surface area contributed by atoms with Gasteiger partial charge in [0.05, 0.1) is 5.60 Å². The highest BCUT2D eigenvalue weighted by molar-refractivity contribution is 7.91. The number of carbonyl (C=O) groups is 1. The molecule has 3 aromatic rings. The fraction of sp³-hybridized carbons (Fsp3) is 0.235. The molecule has 0 spiro atoms.